The first-order valence-corrected chi connectivity index (χ1v) is 7.45. The molecule has 3 aromatic rings. The van der Waals surface area contributed by atoms with Crippen LogP contribution in [0.4, 0.5) is 0 Å². The van der Waals surface area contributed by atoms with Gasteiger partial charge in [0, 0.05) is 0 Å². The number of carboxylic acids is 2. The van der Waals surface area contributed by atoms with Gasteiger partial charge in [0.15, 0.2) is 0 Å². The van der Waals surface area contributed by atoms with E-state index < -0.39 is 11.9 Å². The molecule has 0 bridgehead atoms. The van der Waals surface area contributed by atoms with Crippen LogP contribution in [0, 0.1) is 0 Å². The standard InChI is InChI=1S/C20H14O5/c21-18-11-15-8-5-13(9-16(15)10-17(18)20(24)25)2-1-12-3-6-14(7-4-12)19(22)23/h1-11,21H,(H,22,23)(H,24,25)/b2-1+. The molecule has 0 unspecified atom stereocenters. The maximum absolute atomic E-state index is 11.1. The number of benzene rings is 3. The molecule has 0 spiro atoms. The summed E-state index contributed by atoms with van der Waals surface area (Å²) >= 11 is 0. The molecule has 0 saturated heterocycles. The molecule has 3 N–H and O–H groups in total. The lowest BCUT2D eigenvalue weighted by Gasteiger charge is -2.04. The third-order valence-corrected chi connectivity index (χ3v) is 3.84. The number of hydrogen-bond donors (Lipinski definition) is 3. The van der Waals surface area contributed by atoms with E-state index in [1.165, 1.54) is 24.3 Å². The summed E-state index contributed by atoms with van der Waals surface area (Å²) in [6.07, 6.45) is 3.69. The second-order valence-electron chi connectivity index (χ2n) is 5.54. The van der Waals surface area contributed by atoms with E-state index in [4.69, 9.17) is 10.2 Å². The Morgan fingerprint density at radius 1 is 0.720 bits per heavy atom. The minimum atomic E-state index is -1.18. The Labute approximate surface area is 143 Å². The molecular weight excluding hydrogens is 320 g/mol. The highest BCUT2D eigenvalue weighted by Crippen LogP contribution is 2.26. The second-order valence-corrected chi connectivity index (χ2v) is 5.54. The van der Waals surface area contributed by atoms with E-state index in [1.54, 1.807) is 18.2 Å². The highest BCUT2D eigenvalue weighted by molar-refractivity contribution is 5.98. The summed E-state index contributed by atoms with van der Waals surface area (Å²) in [4.78, 5) is 22.0. The Bertz CT molecular complexity index is 1000. The van der Waals surface area contributed by atoms with Gasteiger partial charge in [0.2, 0.25) is 0 Å². The first kappa shape index (κ1) is 16.3. The zero-order valence-electron chi connectivity index (χ0n) is 13.0. The molecule has 0 radical (unpaired) electrons. The summed E-state index contributed by atoms with van der Waals surface area (Å²) in [5, 5.41) is 29.2. The Balaban J connectivity index is 1.91. The van der Waals surface area contributed by atoms with Gasteiger partial charge in [-0.25, -0.2) is 9.59 Å². The van der Waals surface area contributed by atoms with Gasteiger partial charge in [-0.1, -0.05) is 36.4 Å². The minimum Gasteiger partial charge on any atom is -0.507 e. The quantitative estimate of drug-likeness (QED) is 0.624. The lowest BCUT2D eigenvalue weighted by Crippen LogP contribution is -1.96. The highest BCUT2D eigenvalue weighted by Gasteiger charge is 2.10. The Morgan fingerprint density at radius 3 is 2.00 bits per heavy atom. The van der Waals surface area contributed by atoms with Gasteiger partial charge in [-0.05, 0) is 52.2 Å². The lowest BCUT2D eigenvalue weighted by molar-refractivity contribution is 0.0684. The number of carboxylic acid groups (broad SMARTS) is 2. The van der Waals surface area contributed by atoms with Gasteiger partial charge < -0.3 is 15.3 Å². The van der Waals surface area contributed by atoms with E-state index >= 15 is 0 Å². The van der Waals surface area contributed by atoms with Crippen LogP contribution in [0.3, 0.4) is 0 Å². The molecular formula is C20H14O5. The first-order chi connectivity index (χ1) is 11.9. The largest absolute Gasteiger partial charge is 0.507 e. The average molecular weight is 334 g/mol. The molecule has 0 atom stereocenters. The van der Waals surface area contributed by atoms with Crippen LogP contribution in [0.2, 0.25) is 0 Å². The number of aromatic carboxylic acids is 2. The van der Waals surface area contributed by atoms with Crippen molar-refractivity contribution in [3.05, 3.63) is 76.9 Å². The summed E-state index contributed by atoms with van der Waals surface area (Å²) in [6.45, 7) is 0. The summed E-state index contributed by atoms with van der Waals surface area (Å²) in [5.41, 5.74) is 1.79. The number of hydrogen-bond acceptors (Lipinski definition) is 3. The average Bonchev–Trinajstić information content (AvgIpc) is 2.59. The van der Waals surface area contributed by atoms with Gasteiger partial charge in [-0.3, -0.25) is 0 Å². The minimum absolute atomic E-state index is 0.141. The number of phenols is 1. The van der Waals surface area contributed by atoms with Crippen molar-refractivity contribution in [2.45, 2.75) is 0 Å². The van der Waals surface area contributed by atoms with Gasteiger partial charge >= 0.3 is 11.9 Å². The molecule has 0 fully saturated rings. The van der Waals surface area contributed by atoms with Gasteiger partial charge in [0.25, 0.3) is 0 Å². The van der Waals surface area contributed by atoms with Gasteiger partial charge in [0.1, 0.15) is 11.3 Å². The Morgan fingerprint density at radius 2 is 1.36 bits per heavy atom. The van der Waals surface area contributed by atoms with E-state index in [0.29, 0.717) is 5.39 Å². The van der Waals surface area contributed by atoms with E-state index in [2.05, 4.69) is 0 Å². The molecule has 124 valence electrons. The Kier molecular flexibility index (Phi) is 4.22. The third-order valence-electron chi connectivity index (χ3n) is 3.84. The molecule has 3 rings (SSSR count). The van der Waals surface area contributed by atoms with Crippen LogP contribution >= 0.6 is 0 Å². The van der Waals surface area contributed by atoms with Crippen molar-refractivity contribution < 1.29 is 24.9 Å². The Hall–Kier alpha value is -3.60. The monoisotopic (exact) mass is 334 g/mol. The maximum Gasteiger partial charge on any atom is 0.339 e. The van der Waals surface area contributed by atoms with Crippen LogP contribution in [0.1, 0.15) is 31.8 Å². The van der Waals surface area contributed by atoms with Crippen LogP contribution in [0.5, 0.6) is 5.75 Å². The van der Waals surface area contributed by atoms with Crippen molar-refractivity contribution >= 4 is 34.9 Å². The van der Waals surface area contributed by atoms with Crippen LogP contribution in [-0.4, -0.2) is 27.3 Å². The van der Waals surface area contributed by atoms with Crippen molar-refractivity contribution in [3.63, 3.8) is 0 Å². The molecule has 0 aliphatic carbocycles. The summed E-state index contributed by atoms with van der Waals surface area (Å²) < 4.78 is 0. The van der Waals surface area contributed by atoms with Crippen molar-refractivity contribution in [2.75, 3.05) is 0 Å². The molecule has 0 amide bonds. The molecule has 0 heterocycles. The van der Waals surface area contributed by atoms with Gasteiger partial charge in [-0.2, -0.15) is 0 Å². The normalized spacial score (nSPS) is 11.0. The molecule has 3 aromatic carbocycles. The van der Waals surface area contributed by atoms with Crippen LogP contribution < -0.4 is 0 Å². The predicted octanol–water partition coefficient (Wildman–Crippen LogP) is 4.11. The number of fused-ring (bicyclic) bond motifs is 1. The zero-order chi connectivity index (χ0) is 18.0. The molecule has 5 heteroatoms. The summed E-state index contributed by atoms with van der Waals surface area (Å²) in [7, 11) is 0. The fourth-order valence-electron chi connectivity index (χ4n) is 2.51. The fourth-order valence-corrected chi connectivity index (χ4v) is 2.51. The SMILES string of the molecule is O=C(O)c1ccc(/C=C/c2ccc3cc(O)c(C(=O)O)cc3c2)cc1. The van der Waals surface area contributed by atoms with Crippen LogP contribution in [-0.2, 0) is 0 Å². The first-order valence-electron chi connectivity index (χ1n) is 7.45. The highest BCUT2D eigenvalue weighted by atomic mass is 16.4. The third kappa shape index (κ3) is 3.50. The maximum atomic E-state index is 11.1. The summed E-state index contributed by atoms with van der Waals surface area (Å²) in [5.74, 6) is -2.41. The fraction of sp³-hybridized carbons (Fsp3) is 0. The smallest absolute Gasteiger partial charge is 0.339 e. The van der Waals surface area contributed by atoms with Gasteiger partial charge in [0.05, 0.1) is 5.56 Å². The van der Waals surface area contributed by atoms with Crippen molar-refractivity contribution in [2.24, 2.45) is 0 Å². The van der Waals surface area contributed by atoms with E-state index in [-0.39, 0.29) is 16.9 Å². The van der Waals surface area contributed by atoms with Crippen LogP contribution in [0.25, 0.3) is 22.9 Å². The van der Waals surface area contributed by atoms with E-state index in [0.717, 1.165) is 16.5 Å². The zero-order valence-corrected chi connectivity index (χ0v) is 13.0. The van der Waals surface area contributed by atoms with Crippen molar-refractivity contribution in [3.8, 4) is 5.75 Å². The molecule has 0 aliphatic heterocycles. The number of carbonyl (C=O) groups is 2. The molecule has 0 aliphatic rings. The van der Waals surface area contributed by atoms with Crippen LogP contribution in [0.15, 0.2) is 54.6 Å². The topological polar surface area (TPSA) is 94.8 Å². The number of rotatable bonds is 4. The molecule has 5 nitrogen and oxygen atoms in total. The summed E-state index contributed by atoms with van der Waals surface area (Å²) in [6, 6.07) is 14.8. The lowest BCUT2D eigenvalue weighted by atomic mass is 10.0. The van der Waals surface area contributed by atoms with E-state index in [9.17, 15) is 14.7 Å². The molecule has 0 saturated carbocycles. The van der Waals surface area contributed by atoms with E-state index in [1.807, 2.05) is 24.3 Å². The predicted molar refractivity (Wildman–Crippen MR) is 94.9 cm³/mol. The second kappa shape index (κ2) is 6.49. The molecule has 25 heavy (non-hydrogen) atoms. The van der Waals surface area contributed by atoms with Crippen molar-refractivity contribution in [1.82, 2.24) is 0 Å². The number of aromatic hydroxyl groups is 1. The van der Waals surface area contributed by atoms with Gasteiger partial charge in [-0.15, -0.1) is 0 Å². The van der Waals surface area contributed by atoms with Crippen molar-refractivity contribution in [1.29, 1.82) is 0 Å². The molecule has 0 aromatic heterocycles.